The highest BCUT2D eigenvalue weighted by atomic mass is 16.5. The zero-order chi connectivity index (χ0) is 21.1. The molecule has 1 amide bonds. The number of para-hydroxylation sites is 1. The SMILES string of the molecule is O=C(CC1CCC(N2CCNCC2)CC1)NC1Cc2cccc(C(=O)O)c2OB1O. The fourth-order valence-corrected chi connectivity index (χ4v) is 5.01. The molecule has 0 aromatic heterocycles. The summed E-state index contributed by atoms with van der Waals surface area (Å²) in [7, 11) is -1.26. The average molecular weight is 415 g/mol. The first-order valence-corrected chi connectivity index (χ1v) is 11.0. The van der Waals surface area contributed by atoms with E-state index in [4.69, 9.17) is 4.65 Å². The summed E-state index contributed by atoms with van der Waals surface area (Å²) >= 11 is 0. The highest BCUT2D eigenvalue weighted by Crippen LogP contribution is 2.32. The van der Waals surface area contributed by atoms with Gasteiger partial charge in [-0.25, -0.2) is 4.79 Å². The summed E-state index contributed by atoms with van der Waals surface area (Å²) in [6.07, 6.45) is 5.18. The number of nitrogens with one attached hydrogen (secondary N) is 2. The number of carboxylic acid groups (broad SMARTS) is 1. The van der Waals surface area contributed by atoms with Crippen molar-refractivity contribution >= 4 is 19.0 Å². The van der Waals surface area contributed by atoms with Crippen LogP contribution in [-0.2, 0) is 11.2 Å². The smallest absolute Gasteiger partial charge is 0.534 e. The van der Waals surface area contributed by atoms with Gasteiger partial charge >= 0.3 is 13.1 Å². The van der Waals surface area contributed by atoms with E-state index in [2.05, 4.69) is 15.5 Å². The molecule has 0 radical (unpaired) electrons. The molecule has 30 heavy (non-hydrogen) atoms. The number of aromatic carboxylic acids is 1. The lowest BCUT2D eigenvalue weighted by Crippen LogP contribution is -2.53. The molecule has 1 aromatic rings. The molecule has 2 heterocycles. The minimum Gasteiger partial charge on any atom is -0.534 e. The second-order valence-electron chi connectivity index (χ2n) is 8.65. The van der Waals surface area contributed by atoms with Gasteiger partial charge in [0.2, 0.25) is 5.91 Å². The Balaban J connectivity index is 1.27. The van der Waals surface area contributed by atoms with E-state index in [0.29, 0.717) is 30.4 Å². The lowest BCUT2D eigenvalue weighted by Gasteiger charge is -2.39. The maximum Gasteiger partial charge on any atom is 0.547 e. The Morgan fingerprint density at radius 1 is 1.20 bits per heavy atom. The third kappa shape index (κ3) is 4.79. The van der Waals surface area contributed by atoms with Gasteiger partial charge in [0.1, 0.15) is 5.75 Å². The number of nitrogens with zero attached hydrogens (tertiary/aromatic N) is 1. The van der Waals surface area contributed by atoms with Crippen LogP contribution in [0.5, 0.6) is 5.75 Å². The highest BCUT2D eigenvalue weighted by Gasteiger charge is 2.38. The monoisotopic (exact) mass is 415 g/mol. The van der Waals surface area contributed by atoms with Crippen molar-refractivity contribution in [3.05, 3.63) is 29.3 Å². The topological polar surface area (TPSA) is 111 Å². The van der Waals surface area contributed by atoms with Crippen LogP contribution in [0.3, 0.4) is 0 Å². The fourth-order valence-electron chi connectivity index (χ4n) is 5.01. The summed E-state index contributed by atoms with van der Waals surface area (Å²) in [5, 5.41) is 25.9. The number of carboxylic acids is 1. The Kier molecular flexibility index (Phi) is 6.60. The molecule has 2 aliphatic heterocycles. The molecule has 1 atom stereocenters. The third-order valence-electron chi connectivity index (χ3n) is 6.65. The second kappa shape index (κ2) is 9.37. The van der Waals surface area contributed by atoms with Crippen molar-refractivity contribution in [1.82, 2.24) is 15.5 Å². The molecule has 1 aromatic carbocycles. The Hall–Kier alpha value is -2.10. The summed E-state index contributed by atoms with van der Waals surface area (Å²) in [5.74, 6) is -1.19. The molecule has 1 unspecified atom stereocenters. The summed E-state index contributed by atoms with van der Waals surface area (Å²) in [6, 6.07) is 5.51. The first-order chi connectivity index (χ1) is 14.5. The predicted octanol–water partition coefficient (Wildman–Crippen LogP) is 0.678. The van der Waals surface area contributed by atoms with Crippen molar-refractivity contribution < 1.29 is 24.4 Å². The molecule has 1 saturated carbocycles. The molecule has 8 nitrogen and oxygen atoms in total. The lowest BCUT2D eigenvalue weighted by molar-refractivity contribution is -0.122. The Labute approximate surface area is 177 Å². The van der Waals surface area contributed by atoms with E-state index in [1.807, 2.05) is 0 Å². The van der Waals surface area contributed by atoms with Crippen LogP contribution in [0.2, 0.25) is 0 Å². The van der Waals surface area contributed by atoms with E-state index >= 15 is 0 Å². The molecule has 2 fully saturated rings. The van der Waals surface area contributed by atoms with Crippen molar-refractivity contribution in [2.45, 2.75) is 50.5 Å². The van der Waals surface area contributed by atoms with E-state index in [0.717, 1.165) is 51.9 Å². The van der Waals surface area contributed by atoms with Crippen LogP contribution in [-0.4, -0.2) is 72.2 Å². The molecule has 0 bridgehead atoms. The Morgan fingerprint density at radius 3 is 2.63 bits per heavy atom. The Morgan fingerprint density at radius 2 is 1.93 bits per heavy atom. The van der Waals surface area contributed by atoms with Gasteiger partial charge in [-0.1, -0.05) is 12.1 Å². The first-order valence-electron chi connectivity index (χ1n) is 11.0. The number of piperazine rings is 1. The zero-order valence-corrected chi connectivity index (χ0v) is 17.2. The van der Waals surface area contributed by atoms with Crippen LogP contribution in [0.1, 0.15) is 48.0 Å². The van der Waals surface area contributed by atoms with E-state index in [1.165, 1.54) is 6.07 Å². The van der Waals surface area contributed by atoms with Gasteiger partial charge in [-0.15, -0.1) is 0 Å². The normalized spacial score (nSPS) is 27.1. The molecule has 162 valence electrons. The molecule has 3 aliphatic rings. The molecule has 1 saturated heterocycles. The molecular formula is C21H30BN3O5. The fraction of sp³-hybridized carbons (Fsp3) is 0.619. The van der Waals surface area contributed by atoms with Gasteiger partial charge < -0.3 is 25.4 Å². The van der Waals surface area contributed by atoms with Gasteiger partial charge in [0.25, 0.3) is 0 Å². The van der Waals surface area contributed by atoms with Crippen LogP contribution in [0.4, 0.5) is 0 Å². The van der Waals surface area contributed by atoms with Gasteiger partial charge in [-0.05, 0) is 49.7 Å². The number of rotatable bonds is 5. The molecule has 9 heteroatoms. The Bertz CT molecular complexity index is 778. The summed E-state index contributed by atoms with van der Waals surface area (Å²) in [5.41, 5.74) is 0.708. The van der Waals surface area contributed by atoms with Crippen molar-refractivity contribution in [3.8, 4) is 5.75 Å². The van der Waals surface area contributed by atoms with E-state index < -0.39 is 19.0 Å². The predicted molar refractivity (Wildman–Crippen MR) is 112 cm³/mol. The third-order valence-corrected chi connectivity index (χ3v) is 6.65. The standard InChI is InChI=1S/C21H30BN3O5/c26-19(12-14-4-6-16(7-5-14)25-10-8-23-9-11-25)24-18-13-15-2-1-3-17(21(27)28)20(15)30-22(18)29/h1-3,14,16,18,23,29H,4-13H2,(H,24,26)(H,27,28). The lowest BCUT2D eigenvalue weighted by atomic mass is 9.72. The van der Waals surface area contributed by atoms with Crippen molar-refractivity contribution in [2.24, 2.45) is 5.92 Å². The number of hydrogen-bond donors (Lipinski definition) is 4. The number of carbonyl (C=O) groups excluding carboxylic acids is 1. The molecule has 4 N–H and O–H groups in total. The summed E-state index contributed by atoms with van der Waals surface area (Å²) < 4.78 is 5.46. The molecule has 4 rings (SSSR count). The maximum absolute atomic E-state index is 12.6. The maximum atomic E-state index is 12.6. The average Bonchev–Trinajstić information content (AvgIpc) is 2.75. The number of amides is 1. The van der Waals surface area contributed by atoms with Gasteiger partial charge in [0, 0.05) is 38.6 Å². The van der Waals surface area contributed by atoms with Gasteiger partial charge in [0.15, 0.2) is 0 Å². The minimum atomic E-state index is -1.26. The van der Waals surface area contributed by atoms with Crippen LogP contribution >= 0.6 is 0 Å². The minimum absolute atomic E-state index is 0.0255. The number of fused-ring (bicyclic) bond motifs is 1. The second-order valence-corrected chi connectivity index (χ2v) is 8.65. The summed E-state index contributed by atoms with van der Waals surface area (Å²) in [4.78, 5) is 26.5. The van der Waals surface area contributed by atoms with Crippen molar-refractivity contribution in [2.75, 3.05) is 26.2 Å². The largest absolute Gasteiger partial charge is 0.547 e. The van der Waals surface area contributed by atoms with Crippen LogP contribution in [0.25, 0.3) is 0 Å². The highest BCUT2D eigenvalue weighted by molar-refractivity contribution is 6.47. The number of hydrogen-bond acceptors (Lipinski definition) is 6. The van der Waals surface area contributed by atoms with Crippen LogP contribution in [0, 0.1) is 5.92 Å². The van der Waals surface area contributed by atoms with E-state index in [-0.39, 0.29) is 17.2 Å². The molecular weight excluding hydrogens is 385 g/mol. The van der Waals surface area contributed by atoms with Crippen molar-refractivity contribution in [3.63, 3.8) is 0 Å². The van der Waals surface area contributed by atoms with Gasteiger partial charge in [0.05, 0.1) is 11.5 Å². The van der Waals surface area contributed by atoms with Crippen LogP contribution < -0.4 is 15.3 Å². The van der Waals surface area contributed by atoms with Gasteiger partial charge in [-0.3, -0.25) is 9.69 Å². The van der Waals surface area contributed by atoms with Gasteiger partial charge in [-0.2, -0.15) is 0 Å². The number of carbonyl (C=O) groups is 2. The van der Waals surface area contributed by atoms with Crippen molar-refractivity contribution in [1.29, 1.82) is 0 Å². The van der Waals surface area contributed by atoms with E-state index in [9.17, 15) is 19.7 Å². The van der Waals surface area contributed by atoms with Crippen LogP contribution in [0.15, 0.2) is 18.2 Å². The number of benzene rings is 1. The summed E-state index contributed by atoms with van der Waals surface area (Å²) in [6.45, 7) is 4.34. The zero-order valence-electron chi connectivity index (χ0n) is 17.2. The molecule has 1 aliphatic carbocycles. The van der Waals surface area contributed by atoms with E-state index in [1.54, 1.807) is 12.1 Å². The molecule has 0 spiro atoms. The first kappa shape index (κ1) is 21.1. The quantitative estimate of drug-likeness (QED) is 0.524.